The first-order chi connectivity index (χ1) is 9.72. The maximum atomic E-state index is 4.95. The van der Waals surface area contributed by atoms with Crippen LogP contribution in [0.25, 0.3) is 0 Å². The molecule has 1 aliphatic heterocycles. The van der Waals surface area contributed by atoms with E-state index < -0.39 is 0 Å². The van der Waals surface area contributed by atoms with Crippen LogP contribution in [0.3, 0.4) is 0 Å². The molecule has 0 saturated heterocycles. The third-order valence-corrected chi connectivity index (χ3v) is 5.92. The quantitative estimate of drug-likeness (QED) is 0.829. The minimum atomic E-state index is 0.314. The fraction of sp³-hybridized carbons (Fsp3) is 0.562. The van der Waals surface area contributed by atoms with Gasteiger partial charge in [0, 0.05) is 10.2 Å². The first-order valence-electron chi connectivity index (χ1n) is 7.45. The number of hydrogen-bond acceptors (Lipinski definition) is 3. The van der Waals surface area contributed by atoms with Gasteiger partial charge < -0.3 is 5.32 Å². The van der Waals surface area contributed by atoms with Crippen molar-refractivity contribution in [2.45, 2.75) is 44.7 Å². The number of rotatable bonds is 2. The van der Waals surface area contributed by atoms with E-state index in [1.807, 2.05) is 11.8 Å². The summed E-state index contributed by atoms with van der Waals surface area (Å²) in [6.45, 7) is 2.21. The number of halogens is 1. The Morgan fingerprint density at radius 2 is 2.00 bits per heavy atom. The van der Waals surface area contributed by atoms with E-state index in [0.29, 0.717) is 12.1 Å². The fourth-order valence-corrected chi connectivity index (χ4v) is 4.52. The summed E-state index contributed by atoms with van der Waals surface area (Å²) in [6.07, 6.45) is 5.40. The Bertz CT molecular complexity index is 486. The van der Waals surface area contributed by atoms with Gasteiger partial charge in [0.1, 0.15) is 0 Å². The van der Waals surface area contributed by atoms with Crippen LogP contribution >= 0.6 is 27.7 Å². The second-order valence-electron chi connectivity index (χ2n) is 5.77. The van der Waals surface area contributed by atoms with Gasteiger partial charge in [-0.1, -0.05) is 52.7 Å². The van der Waals surface area contributed by atoms with Crippen LogP contribution in [-0.4, -0.2) is 17.0 Å². The van der Waals surface area contributed by atoms with Gasteiger partial charge in [-0.3, -0.25) is 4.99 Å². The van der Waals surface area contributed by atoms with Crippen molar-refractivity contribution in [3.8, 4) is 0 Å². The monoisotopic (exact) mass is 352 g/mol. The Hall–Kier alpha value is -0.480. The Kier molecular flexibility index (Phi) is 4.72. The molecule has 0 radical (unpaired) electrons. The molecule has 0 spiro atoms. The van der Waals surface area contributed by atoms with Crippen LogP contribution in [0.15, 0.2) is 33.7 Å². The van der Waals surface area contributed by atoms with Crippen LogP contribution < -0.4 is 5.32 Å². The van der Waals surface area contributed by atoms with Gasteiger partial charge >= 0.3 is 0 Å². The molecule has 0 amide bonds. The van der Waals surface area contributed by atoms with Gasteiger partial charge in [-0.05, 0) is 43.4 Å². The molecule has 2 aliphatic rings. The highest BCUT2D eigenvalue weighted by Crippen LogP contribution is 2.34. The number of hydrogen-bond donors (Lipinski definition) is 1. The van der Waals surface area contributed by atoms with Gasteiger partial charge in [0.2, 0.25) is 0 Å². The van der Waals surface area contributed by atoms with Crippen LogP contribution in [0.4, 0.5) is 0 Å². The summed E-state index contributed by atoms with van der Waals surface area (Å²) in [5.74, 6) is 2.06. The summed E-state index contributed by atoms with van der Waals surface area (Å²) in [6, 6.07) is 9.42. The second-order valence-corrected chi connectivity index (χ2v) is 7.70. The topological polar surface area (TPSA) is 24.4 Å². The fourth-order valence-electron chi connectivity index (χ4n) is 3.03. The number of nitrogens with one attached hydrogen (secondary N) is 1. The summed E-state index contributed by atoms with van der Waals surface area (Å²) < 4.78 is 1.13. The van der Waals surface area contributed by atoms with Gasteiger partial charge in [-0.2, -0.15) is 0 Å². The molecule has 20 heavy (non-hydrogen) atoms. The van der Waals surface area contributed by atoms with E-state index in [2.05, 4.69) is 52.4 Å². The molecule has 1 saturated carbocycles. The molecule has 1 aromatic rings. The molecule has 1 heterocycles. The molecule has 0 aromatic heterocycles. The highest BCUT2D eigenvalue weighted by atomic mass is 79.9. The molecule has 1 aromatic carbocycles. The molecular weight excluding hydrogens is 332 g/mol. The van der Waals surface area contributed by atoms with Crippen LogP contribution in [0.1, 0.15) is 44.2 Å². The van der Waals surface area contributed by atoms with E-state index in [0.717, 1.165) is 15.6 Å². The Morgan fingerprint density at radius 3 is 2.80 bits per heavy atom. The van der Waals surface area contributed by atoms with Gasteiger partial charge in [-0.15, -0.1) is 0 Å². The van der Waals surface area contributed by atoms with Crippen molar-refractivity contribution in [2.24, 2.45) is 10.9 Å². The summed E-state index contributed by atoms with van der Waals surface area (Å²) in [5, 5.41) is 4.73. The number of amidine groups is 1. The van der Waals surface area contributed by atoms with Crippen molar-refractivity contribution in [2.75, 3.05) is 5.75 Å². The van der Waals surface area contributed by atoms with Crippen molar-refractivity contribution in [3.63, 3.8) is 0 Å². The van der Waals surface area contributed by atoms with E-state index in [-0.39, 0.29) is 0 Å². The van der Waals surface area contributed by atoms with Gasteiger partial charge in [0.15, 0.2) is 5.17 Å². The van der Waals surface area contributed by atoms with Crippen molar-refractivity contribution in [3.05, 3.63) is 34.3 Å². The predicted molar refractivity (Wildman–Crippen MR) is 91.3 cm³/mol. The van der Waals surface area contributed by atoms with Crippen LogP contribution in [0.5, 0.6) is 0 Å². The average molecular weight is 353 g/mol. The molecule has 1 fully saturated rings. The maximum Gasteiger partial charge on any atom is 0.157 e. The molecule has 3 unspecified atom stereocenters. The van der Waals surface area contributed by atoms with E-state index in [4.69, 9.17) is 4.99 Å². The minimum absolute atomic E-state index is 0.314. The third kappa shape index (κ3) is 3.40. The Balaban J connectivity index is 1.65. The largest absolute Gasteiger partial charge is 0.358 e. The maximum absolute atomic E-state index is 4.95. The third-order valence-electron chi connectivity index (χ3n) is 4.30. The number of aliphatic imine (C=N–C) groups is 1. The van der Waals surface area contributed by atoms with Crippen molar-refractivity contribution in [1.29, 1.82) is 0 Å². The first-order valence-corrected chi connectivity index (χ1v) is 9.23. The van der Waals surface area contributed by atoms with Crippen molar-refractivity contribution >= 4 is 32.9 Å². The van der Waals surface area contributed by atoms with E-state index in [1.54, 1.807) is 0 Å². The Labute approximate surface area is 134 Å². The second kappa shape index (κ2) is 6.52. The number of benzene rings is 1. The van der Waals surface area contributed by atoms with Gasteiger partial charge in [-0.25, -0.2) is 0 Å². The molecule has 108 valence electrons. The lowest BCUT2D eigenvalue weighted by molar-refractivity contribution is 0.335. The zero-order chi connectivity index (χ0) is 13.9. The predicted octanol–water partition coefficient (Wildman–Crippen LogP) is 4.76. The molecule has 3 rings (SSSR count). The highest BCUT2D eigenvalue weighted by molar-refractivity contribution is 9.10. The smallest absolute Gasteiger partial charge is 0.157 e. The summed E-state index contributed by atoms with van der Waals surface area (Å²) >= 11 is 5.39. The standard InChI is InChI=1S/C16H21BrN2S/c1-11(12-6-8-14(17)9-7-12)18-16-19-15-5-3-2-4-13(15)10-20-16/h6-9,11,13,15H,2-5,10H2,1H3,(H,18,19). The molecule has 1 N–H and O–H groups in total. The SMILES string of the molecule is CC(NC1=NC2CCCCC2CS1)c1ccc(Br)cc1. The lowest BCUT2D eigenvalue weighted by Gasteiger charge is -2.33. The molecule has 0 bridgehead atoms. The number of fused-ring (bicyclic) bond motifs is 1. The van der Waals surface area contributed by atoms with Gasteiger partial charge in [0.25, 0.3) is 0 Å². The normalized spacial score (nSPS) is 27.4. The van der Waals surface area contributed by atoms with Crippen molar-refractivity contribution in [1.82, 2.24) is 5.32 Å². The molecule has 3 atom stereocenters. The molecular formula is C16H21BrN2S. The lowest BCUT2D eigenvalue weighted by Crippen LogP contribution is -2.35. The van der Waals surface area contributed by atoms with E-state index in [1.165, 1.54) is 37.0 Å². The van der Waals surface area contributed by atoms with Crippen LogP contribution in [0, 0.1) is 5.92 Å². The number of thioether (sulfide) groups is 1. The Morgan fingerprint density at radius 1 is 1.25 bits per heavy atom. The first kappa shape index (κ1) is 14.5. The van der Waals surface area contributed by atoms with E-state index >= 15 is 0 Å². The summed E-state index contributed by atoms with van der Waals surface area (Å²) in [7, 11) is 0. The number of nitrogens with zero attached hydrogens (tertiary/aromatic N) is 1. The zero-order valence-corrected chi connectivity index (χ0v) is 14.2. The molecule has 4 heteroatoms. The lowest BCUT2D eigenvalue weighted by atomic mass is 9.86. The summed E-state index contributed by atoms with van der Waals surface area (Å²) in [5.41, 5.74) is 1.31. The zero-order valence-electron chi connectivity index (χ0n) is 11.8. The van der Waals surface area contributed by atoms with Crippen molar-refractivity contribution < 1.29 is 0 Å². The average Bonchev–Trinajstić information content (AvgIpc) is 2.48. The van der Waals surface area contributed by atoms with Gasteiger partial charge in [0.05, 0.1) is 12.1 Å². The summed E-state index contributed by atoms with van der Waals surface area (Å²) in [4.78, 5) is 4.95. The van der Waals surface area contributed by atoms with E-state index in [9.17, 15) is 0 Å². The molecule has 2 nitrogen and oxygen atoms in total. The van der Waals surface area contributed by atoms with Crippen LogP contribution in [0.2, 0.25) is 0 Å². The minimum Gasteiger partial charge on any atom is -0.358 e. The van der Waals surface area contributed by atoms with Crippen LogP contribution in [-0.2, 0) is 0 Å². The molecule has 1 aliphatic carbocycles. The highest BCUT2D eigenvalue weighted by Gasteiger charge is 2.29.